The first kappa shape index (κ1) is 15.0. The highest BCUT2D eigenvalue weighted by atomic mass is 35.5. The van der Waals surface area contributed by atoms with Crippen LogP contribution < -0.4 is 4.90 Å². The summed E-state index contributed by atoms with van der Waals surface area (Å²) in [5.41, 5.74) is 2.31. The number of quaternary nitrogens is 1. The van der Waals surface area contributed by atoms with E-state index in [-0.39, 0.29) is 0 Å². The molecule has 1 aliphatic heterocycles. The molecule has 1 aromatic carbocycles. The Morgan fingerprint density at radius 1 is 1.14 bits per heavy atom. The predicted molar refractivity (Wildman–Crippen MR) is 89.3 cm³/mol. The van der Waals surface area contributed by atoms with E-state index in [0.29, 0.717) is 0 Å². The average molecular weight is 316 g/mol. The molecule has 1 fully saturated rings. The maximum absolute atomic E-state index is 6.24. The van der Waals surface area contributed by atoms with E-state index in [0.717, 1.165) is 43.3 Å². The standard InChI is InChI=1S/C17H19ClN4/c18-17-4-2-1-3-16(17)14-21-9-11-22(12-10-21)20-13-15-5-7-19-8-6-15/h1-8,13H,9-12,14H2/p+1/b20-13+. The molecule has 1 saturated heterocycles. The van der Waals surface area contributed by atoms with E-state index in [2.05, 4.69) is 27.2 Å². The SMILES string of the molecule is Clc1ccccc1C[NH+]1CCN(/N=C/c2ccncc2)CC1. The van der Waals surface area contributed by atoms with Gasteiger partial charge in [0.05, 0.1) is 32.4 Å². The number of hydrogen-bond donors (Lipinski definition) is 1. The Bertz CT molecular complexity index is 622. The van der Waals surface area contributed by atoms with Crippen molar-refractivity contribution < 1.29 is 4.90 Å². The summed E-state index contributed by atoms with van der Waals surface area (Å²) in [6.07, 6.45) is 5.47. The van der Waals surface area contributed by atoms with E-state index >= 15 is 0 Å². The third kappa shape index (κ3) is 4.06. The Hall–Kier alpha value is -1.91. The first-order chi connectivity index (χ1) is 10.8. The molecule has 114 valence electrons. The lowest BCUT2D eigenvalue weighted by atomic mass is 10.2. The van der Waals surface area contributed by atoms with E-state index in [9.17, 15) is 0 Å². The van der Waals surface area contributed by atoms with Gasteiger partial charge < -0.3 is 4.90 Å². The number of piperazine rings is 1. The molecule has 0 atom stereocenters. The van der Waals surface area contributed by atoms with Crippen LogP contribution in [0.3, 0.4) is 0 Å². The van der Waals surface area contributed by atoms with Crippen molar-refractivity contribution in [1.82, 2.24) is 9.99 Å². The highest BCUT2D eigenvalue weighted by Crippen LogP contribution is 2.13. The number of pyridine rings is 1. The van der Waals surface area contributed by atoms with Crippen LogP contribution in [0.1, 0.15) is 11.1 Å². The molecular formula is C17H20ClN4+. The fraction of sp³-hybridized carbons (Fsp3) is 0.294. The van der Waals surface area contributed by atoms with Gasteiger partial charge in [-0.25, -0.2) is 0 Å². The Morgan fingerprint density at radius 2 is 1.86 bits per heavy atom. The van der Waals surface area contributed by atoms with Gasteiger partial charge in [-0.05, 0) is 23.8 Å². The van der Waals surface area contributed by atoms with Crippen molar-refractivity contribution >= 4 is 17.8 Å². The number of hydrogen-bond acceptors (Lipinski definition) is 3. The summed E-state index contributed by atoms with van der Waals surface area (Å²) in [7, 11) is 0. The molecule has 0 saturated carbocycles. The van der Waals surface area contributed by atoms with Crippen molar-refractivity contribution in [2.75, 3.05) is 26.2 Å². The predicted octanol–water partition coefficient (Wildman–Crippen LogP) is 1.47. The molecule has 1 N–H and O–H groups in total. The summed E-state index contributed by atoms with van der Waals surface area (Å²) in [5, 5.41) is 7.56. The Labute approximate surface area is 136 Å². The number of halogens is 1. The zero-order valence-electron chi connectivity index (χ0n) is 12.5. The van der Waals surface area contributed by atoms with Crippen LogP contribution in [0.15, 0.2) is 53.9 Å². The summed E-state index contributed by atoms with van der Waals surface area (Å²) >= 11 is 6.24. The molecule has 0 amide bonds. The van der Waals surface area contributed by atoms with Gasteiger partial charge in [0.25, 0.3) is 0 Å². The van der Waals surface area contributed by atoms with Crippen molar-refractivity contribution in [3.63, 3.8) is 0 Å². The summed E-state index contributed by atoms with van der Waals surface area (Å²) in [6.45, 7) is 5.10. The van der Waals surface area contributed by atoms with E-state index in [1.807, 2.05) is 30.5 Å². The molecule has 2 heterocycles. The third-order valence-corrected chi connectivity index (χ3v) is 4.29. The molecule has 0 spiro atoms. The largest absolute Gasteiger partial charge is 0.328 e. The molecule has 0 aliphatic carbocycles. The van der Waals surface area contributed by atoms with Gasteiger partial charge in [-0.2, -0.15) is 5.10 Å². The second-order valence-corrected chi connectivity index (χ2v) is 5.90. The molecule has 5 heteroatoms. The number of rotatable bonds is 4. The molecule has 22 heavy (non-hydrogen) atoms. The fourth-order valence-corrected chi connectivity index (χ4v) is 2.81. The monoisotopic (exact) mass is 315 g/mol. The first-order valence-electron chi connectivity index (χ1n) is 7.57. The number of hydrazone groups is 1. The average Bonchev–Trinajstić information content (AvgIpc) is 2.57. The van der Waals surface area contributed by atoms with Gasteiger partial charge in [0.2, 0.25) is 0 Å². The number of nitrogens with one attached hydrogen (secondary N) is 1. The van der Waals surface area contributed by atoms with Crippen molar-refractivity contribution in [2.24, 2.45) is 5.10 Å². The minimum absolute atomic E-state index is 0.869. The molecule has 0 bridgehead atoms. The molecule has 2 aromatic rings. The molecule has 0 radical (unpaired) electrons. The molecule has 1 aromatic heterocycles. The quantitative estimate of drug-likeness (QED) is 0.867. The van der Waals surface area contributed by atoms with Crippen LogP contribution in [0.25, 0.3) is 0 Å². The molecule has 4 nitrogen and oxygen atoms in total. The molecule has 0 unspecified atom stereocenters. The Morgan fingerprint density at radius 3 is 2.59 bits per heavy atom. The summed E-state index contributed by atoms with van der Waals surface area (Å²) < 4.78 is 0. The maximum Gasteiger partial charge on any atom is 0.104 e. The van der Waals surface area contributed by atoms with Gasteiger partial charge >= 0.3 is 0 Å². The van der Waals surface area contributed by atoms with Crippen molar-refractivity contribution in [3.05, 3.63) is 64.9 Å². The normalized spacial score (nSPS) is 16.3. The van der Waals surface area contributed by atoms with E-state index in [1.165, 1.54) is 5.56 Å². The topological polar surface area (TPSA) is 32.9 Å². The summed E-state index contributed by atoms with van der Waals surface area (Å²) in [4.78, 5) is 5.57. The first-order valence-corrected chi connectivity index (χ1v) is 7.95. The molecular weight excluding hydrogens is 296 g/mol. The van der Waals surface area contributed by atoms with Gasteiger partial charge in [-0.15, -0.1) is 0 Å². The van der Waals surface area contributed by atoms with Crippen LogP contribution in [0.5, 0.6) is 0 Å². The van der Waals surface area contributed by atoms with Crippen LogP contribution in [0.4, 0.5) is 0 Å². The van der Waals surface area contributed by atoms with E-state index in [1.54, 1.807) is 17.3 Å². The van der Waals surface area contributed by atoms with Gasteiger partial charge in [0, 0.05) is 23.0 Å². The highest BCUT2D eigenvalue weighted by Gasteiger charge is 2.19. The second-order valence-electron chi connectivity index (χ2n) is 5.50. The Balaban J connectivity index is 1.50. The highest BCUT2D eigenvalue weighted by molar-refractivity contribution is 6.31. The van der Waals surface area contributed by atoms with Crippen LogP contribution in [-0.2, 0) is 6.54 Å². The lowest BCUT2D eigenvalue weighted by Crippen LogP contribution is -3.13. The number of aromatic nitrogens is 1. The third-order valence-electron chi connectivity index (χ3n) is 3.92. The van der Waals surface area contributed by atoms with Crippen molar-refractivity contribution in [2.45, 2.75) is 6.54 Å². The van der Waals surface area contributed by atoms with Gasteiger partial charge in [-0.1, -0.05) is 29.8 Å². The zero-order valence-corrected chi connectivity index (χ0v) is 13.2. The second kappa shape index (κ2) is 7.38. The zero-order chi connectivity index (χ0) is 15.2. The summed E-state index contributed by atoms with van der Waals surface area (Å²) in [5.74, 6) is 0. The Kier molecular flexibility index (Phi) is 5.03. The molecule has 1 aliphatic rings. The fourth-order valence-electron chi connectivity index (χ4n) is 2.61. The lowest BCUT2D eigenvalue weighted by Gasteiger charge is -2.30. The van der Waals surface area contributed by atoms with Gasteiger partial charge in [0.15, 0.2) is 0 Å². The van der Waals surface area contributed by atoms with E-state index < -0.39 is 0 Å². The van der Waals surface area contributed by atoms with Crippen molar-refractivity contribution in [3.8, 4) is 0 Å². The van der Waals surface area contributed by atoms with Crippen LogP contribution >= 0.6 is 11.6 Å². The molecule has 3 rings (SSSR count). The summed E-state index contributed by atoms with van der Waals surface area (Å²) in [6, 6.07) is 12.0. The van der Waals surface area contributed by atoms with E-state index in [4.69, 9.17) is 11.6 Å². The van der Waals surface area contributed by atoms with Crippen molar-refractivity contribution in [1.29, 1.82) is 0 Å². The number of benzene rings is 1. The number of nitrogens with zero attached hydrogens (tertiary/aromatic N) is 3. The van der Waals surface area contributed by atoms with Gasteiger partial charge in [0.1, 0.15) is 6.54 Å². The minimum Gasteiger partial charge on any atom is -0.328 e. The van der Waals surface area contributed by atoms with Crippen LogP contribution in [-0.4, -0.2) is 42.4 Å². The van der Waals surface area contributed by atoms with Gasteiger partial charge in [-0.3, -0.25) is 9.99 Å². The van der Waals surface area contributed by atoms with Crippen LogP contribution in [0.2, 0.25) is 5.02 Å². The van der Waals surface area contributed by atoms with Crippen LogP contribution in [0, 0.1) is 0 Å². The smallest absolute Gasteiger partial charge is 0.104 e. The lowest BCUT2D eigenvalue weighted by molar-refractivity contribution is -0.918. The maximum atomic E-state index is 6.24. The minimum atomic E-state index is 0.869.